The number of hydrogen-bond acceptors (Lipinski definition) is 2. The van der Waals surface area contributed by atoms with Crippen LogP contribution in [0.25, 0.3) is 0 Å². The predicted molar refractivity (Wildman–Crippen MR) is 68.6 cm³/mol. The van der Waals surface area contributed by atoms with Crippen LogP contribution in [0.5, 0.6) is 5.75 Å². The molecule has 0 aliphatic rings. The number of rotatable bonds is 5. The van der Waals surface area contributed by atoms with Crippen molar-refractivity contribution in [3.63, 3.8) is 0 Å². The third-order valence-corrected chi connectivity index (χ3v) is 2.92. The van der Waals surface area contributed by atoms with E-state index >= 15 is 0 Å². The van der Waals surface area contributed by atoms with E-state index in [0.717, 1.165) is 22.5 Å². The summed E-state index contributed by atoms with van der Waals surface area (Å²) in [7, 11) is 1.68. The van der Waals surface area contributed by atoms with Crippen molar-refractivity contribution in [2.24, 2.45) is 5.92 Å². The highest BCUT2D eigenvalue weighted by Gasteiger charge is 2.01. The van der Waals surface area contributed by atoms with Gasteiger partial charge in [-0.3, -0.25) is 0 Å². The Morgan fingerprint density at radius 1 is 1.40 bits per heavy atom. The van der Waals surface area contributed by atoms with Gasteiger partial charge in [0.1, 0.15) is 5.75 Å². The van der Waals surface area contributed by atoms with Crippen LogP contribution in [0.4, 0.5) is 5.69 Å². The second-order valence-electron chi connectivity index (χ2n) is 3.77. The van der Waals surface area contributed by atoms with Crippen molar-refractivity contribution in [1.29, 1.82) is 0 Å². The first-order chi connectivity index (χ1) is 7.15. The number of ether oxygens (including phenoxy) is 1. The highest BCUT2D eigenvalue weighted by molar-refractivity contribution is 9.10. The van der Waals surface area contributed by atoms with Crippen LogP contribution in [-0.2, 0) is 0 Å². The second-order valence-corrected chi connectivity index (χ2v) is 4.69. The molecule has 0 saturated heterocycles. The molecule has 0 aromatic heterocycles. The summed E-state index contributed by atoms with van der Waals surface area (Å²) in [4.78, 5) is 0. The normalized spacial score (nSPS) is 12.3. The lowest BCUT2D eigenvalue weighted by Gasteiger charge is -2.12. The first kappa shape index (κ1) is 12.4. The molecule has 1 unspecified atom stereocenters. The SMILES string of the molecule is CCC(C)CNc1cc(Br)cc(OC)c1. The predicted octanol–water partition coefficient (Wildman–Crippen LogP) is 3.92. The van der Waals surface area contributed by atoms with Gasteiger partial charge in [-0.2, -0.15) is 0 Å². The van der Waals surface area contributed by atoms with Crippen molar-refractivity contribution in [3.05, 3.63) is 22.7 Å². The van der Waals surface area contributed by atoms with Gasteiger partial charge in [0.05, 0.1) is 7.11 Å². The molecule has 0 fully saturated rings. The van der Waals surface area contributed by atoms with E-state index in [-0.39, 0.29) is 0 Å². The zero-order valence-corrected chi connectivity index (χ0v) is 11.1. The second kappa shape index (κ2) is 6.01. The quantitative estimate of drug-likeness (QED) is 0.877. The summed E-state index contributed by atoms with van der Waals surface area (Å²) in [6, 6.07) is 6.02. The van der Waals surface area contributed by atoms with E-state index in [1.54, 1.807) is 7.11 Å². The van der Waals surface area contributed by atoms with Crippen molar-refractivity contribution in [2.75, 3.05) is 19.0 Å². The molecule has 0 aliphatic carbocycles. The van der Waals surface area contributed by atoms with E-state index in [0.29, 0.717) is 5.92 Å². The molecule has 1 atom stereocenters. The Balaban J connectivity index is 2.64. The number of hydrogen-bond donors (Lipinski definition) is 1. The van der Waals surface area contributed by atoms with E-state index in [1.807, 2.05) is 12.1 Å². The van der Waals surface area contributed by atoms with Crippen molar-refractivity contribution in [2.45, 2.75) is 20.3 Å². The summed E-state index contributed by atoms with van der Waals surface area (Å²) < 4.78 is 6.23. The molecule has 84 valence electrons. The molecule has 0 amide bonds. The van der Waals surface area contributed by atoms with Gasteiger partial charge in [-0.05, 0) is 18.1 Å². The van der Waals surface area contributed by atoms with Crippen LogP contribution in [0.3, 0.4) is 0 Å². The number of methoxy groups -OCH3 is 1. The van der Waals surface area contributed by atoms with Crippen molar-refractivity contribution in [3.8, 4) is 5.75 Å². The van der Waals surface area contributed by atoms with E-state index in [1.165, 1.54) is 6.42 Å². The summed E-state index contributed by atoms with van der Waals surface area (Å²) in [5.74, 6) is 1.56. The molecule has 0 radical (unpaired) electrons. The third-order valence-electron chi connectivity index (χ3n) is 2.46. The Kier molecular flexibility index (Phi) is 4.95. The van der Waals surface area contributed by atoms with Crippen LogP contribution in [0.15, 0.2) is 22.7 Å². The average Bonchev–Trinajstić information content (AvgIpc) is 2.25. The highest BCUT2D eigenvalue weighted by Crippen LogP contribution is 2.24. The fourth-order valence-corrected chi connectivity index (χ4v) is 1.69. The zero-order valence-electron chi connectivity index (χ0n) is 9.51. The van der Waals surface area contributed by atoms with E-state index in [2.05, 4.69) is 41.2 Å². The van der Waals surface area contributed by atoms with Gasteiger partial charge in [0.25, 0.3) is 0 Å². The third kappa shape index (κ3) is 4.12. The highest BCUT2D eigenvalue weighted by atomic mass is 79.9. The Morgan fingerprint density at radius 3 is 2.73 bits per heavy atom. The van der Waals surface area contributed by atoms with Crippen molar-refractivity contribution >= 4 is 21.6 Å². The molecule has 0 spiro atoms. The lowest BCUT2D eigenvalue weighted by molar-refractivity contribution is 0.414. The lowest BCUT2D eigenvalue weighted by atomic mass is 10.1. The molecule has 0 heterocycles. The minimum absolute atomic E-state index is 0.690. The van der Waals surface area contributed by atoms with Gasteiger partial charge in [0, 0.05) is 22.8 Å². The maximum atomic E-state index is 5.20. The van der Waals surface area contributed by atoms with Crippen LogP contribution in [0.1, 0.15) is 20.3 Å². The smallest absolute Gasteiger partial charge is 0.122 e. The van der Waals surface area contributed by atoms with Crippen LogP contribution < -0.4 is 10.1 Å². The molecule has 1 aromatic carbocycles. The Hall–Kier alpha value is -0.700. The van der Waals surface area contributed by atoms with Crippen molar-refractivity contribution < 1.29 is 4.74 Å². The Labute approximate surface area is 100 Å². The monoisotopic (exact) mass is 271 g/mol. The van der Waals surface area contributed by atoms with E-state index in [9.17, 15) is 0 Å². The standard InChI is InChI=1S/C12H18BrNO/c1-4-9(2)8-14-11-5-10(13)6-12(7-11)15-3/h5-7,9,14H,4,8H2,1-3H3. The minimum Gasteiger partial charge on any atom is -0.497 e. The number of benzene rings is 1. The molecule has 0 bridgehead atoms. The van der Waals surface area contributed by atoms with Gasteiger partial charge in [0.2, 0.25) is 0 Å². The van der Waals surface area contributed by atoms with E-state index in [4.69, 9.17) is 4.74 Å². The van der Waals surface area contributed by atoms with Gasteiger partial charge >= 0.3 is 0 Å². The fourth-order valence-electron chi connectivity index (χ4n) is 1.22. The van der Waals surface area contributed by atoms with Crippen LogP contribution in [-0.4, -0.2) is 13.7 Å². The van der Waals surface area contributed by atoms with Crippen LogP contribution in [0.2, 0.25) is 0 Å². The Bertz CT molecular complexity index is 314. The number of nitrogens with one attached hydrogen (secondary N) is 1. The number of halogens is 1. The molecule has 2 nitrogen and oxygen atoms in total. The molecular formula is C12H18BrNO. The number of anilines is 1. The molecule has 1 aromatic rings. The van der Waals surface area contributed by atoms with Gasteiger partial charge in [-0.15, -0.1) is 0 Å². The topological polar surface area (TPSA) is 21.3 Å². The molecule has 3 heteroatoms. The Morgan fingerprint density at radius 2 is 2.13 bits per heavy atom. The first-order valence-electron chi connectivity index (χ1n) is 5.24. The zero-order chi connectivity index (χ0) is 11.3. The maximum Gasteiger partial charge on any atom is 0.122 e. The summed E-state index contributed by atoms with van der Waals surface area (Å²) in [6.45, 7) is 5.44. The van der Waals surface area contributed by atoms with Gasteiger partial charge in [-0.1, -0.05) is 36.2 Å². The maximum absolute atomic E-state index is 5.20. The average molecular weight is 272 g/mol. The molecule has 15 heavy (non-hydrogen) atoms. The van der Waals surface area contributed by atoms with Gasteiger partial charge < -0.3 is 10.1 Å². The summed E-state index contributed by atoms with van der Waals surface area (Å²) in [5.41, 5.74) is 1.10. The molecular weight excluding hydrogens is 254 g/mol. The molecule has 0 aliphatic heterocycles. The van der Waals surface area contributed by atoms with Crippen LogP contribution in [0, 0.1) is 5.92 Å². The fraction of sp³-hybridized carbons (Fsp3) is 0.500. The summed E-state index contributed by atoms with van der Waals surface area (Å²) in [6.07, 6.45) is 1.19. The summed E-state index contributed by atoms with van der Waals surface area (Å²) in [5, 5.41) is 3.40. The lowest BCUT2D eigenvalue weighted by Crippen LogP contribution is -2.10. The molecule has 1 rings (SSSR count). The minimum atomic E-state index is 0.690. The van der Waals surface area contributed by atoms with E-state index < -0.39 is 0 Å². The van der Waals surface area contributed by atoms with Crippen LogP contribution >= 0.6 is 15.9 Å². The van der Waals surface area contributed by atoms with Gasteiger partial charge in [0.15, 0.2) is 0 Å². The van der Waals surface area contributed by atoms with Gasteiger partial charge in [-0.25, -0.2) is 0 Å². The molecule has 0 saturated carbocycles. The molecule has 1 N–H and O–H groups in total. The summed E-state index contributed by atoms with van der Waals surface area (Å²) >= 11 is 3.46. The largest absolute Gasteiger partial charge is 0.497 e. The van der Waals surface area contributed by atoms with Crippen molar-refractivity contribution in [1.82, 2.24) is 0 Å². The first-order valence-corrected chi connectivity index (χ1v) is 6.03.